The van der Waals surface area contributed by atoms with Gasteiger partial charge in [0.05, 0.1) is 12.5 Å². The molecule has 0 spiro atoms. The number of rotatable bonds is 15. The van der Waals surface area contributed by atoms with E-state index in [9.17, 15) is 24.2 Å². The molecule has 180 valence electrons. The second-order valence-electron chi connectivity index (χ2n) is 7.79. The van der Waals surface area contributed by atoms with Crippen LogP contribution in [0.25, 0.3) is 0 Å². The average Bonchev–Trinajstić information content (AvgIpc) is 2.80. The molecule has 0 bridgehead atoms. The maximum absolute atomic E-state index is 13.2. The van der Waals surface area contributed by atoms with Crippen LogP contribution in [0.15, 0.2) is 60.7 Å². The number of aliphatic carboxylic acids is 1. The van der Waals surface area contributed by atoms with Gasteiger partial charge in [0.1, 0.15) is 13.7 Å². The van der Waals surface area contributed by atoms with Gasteiger partial charge in [0.25, 0.3) is 5.91 Å². The predicted molar refractivity (Wildman–Crippen MR) is 123 cm³/mol. The second kappa shape index (κ2) is 18.0. The molecule has 35 heavy (non-hydrogen) atoms. The second-order valence-corrected chi connectivity index (χ2v) is 9.67. The first kappa shape index (κ1) is 33.7. The molecule has 2 atom stereocenters. The van der Waals surface area contributed by atoms with Gasteiger partial charge in [0.2, 0.25) is 0 Å². The molecule has 0 aromatic heterocycles. The van der Waals surface area contributed by atoms with E-state index in [0.717, 1.165) is 16.9 Å². The van der Waals surface area contributed by atoms with Crippen LogP contribution in [0.1, 0.15) is 37.7 Å². The van der Waals surface area contributed by atoms with Crippen molar-refractivity contribution < 1.29 is 66.4 Å². The molecule has 0 heterocycles. The molecule has 0 fully saturated rings. The Morgan fingerprint density at radius 3 is 2.11 bits per heavy atom. The van der Waals surface area contributed by atoms with Crippen LogP contribution in [0.4, 0.5) is 5.69 Å². The molecule has 1 amide bonds. The van der Waals surface area contributed by atoms with Gasteiger partial charge in [-0.05, 0) is 62.8 Å². The van der Waals surface area contributed by atoms with Crippen LogP contribution in [0.5, 0.6) is 0 Å². The molecule has 2 N–H and O–H groups in total. The number of hydrogen-bond acceptors (Lipinski definition) is 7. The summed E-state index contributed by atoms with van der Waals surface area (Å²) in [7, 11) is -4.33. The molecule has 8 nitrogen and oxygen atoms in total. The molecule has 11 heteroatoms. The van der Waals surface area contributed by atoms with E-state index < -0.39 is 32.1 Å². The fraction of sp³-hybridized carbons (Fsp3) is 0.417. The van der Waals surface area contributed by atoms with Gasteiger partial charge in [-0.1, -0.05) is 48.5 Å². The summed E-state index contributed by atoms with van der Waals surface area (Å²) in [5, 5.41) is 11.3. The number of nitrogens with zero attached hydrogens (tertiary/aromatic N) is 1. The minimum absolute atomic E-state index is 0. The summed E-state index contributed by atoms with van der Waals surface area (Å²) in [4.78, 5) is 38.1. The van der Waals surface area contributed by atoms with Gasteiger partial charge >= 0.3 is 37.7 Å². The van der Waals surface area contributed by atoms with Crippen molar-refractivity contribution in [2.45, 2.75) is 44.6 Å². The Kier molecular flexibility index (Phi) is 17.3. The van der Waals surface area contributed by atoms with E-state index in [4.69, 9.17) is 10.3 Å². The fourth-order valence-electron chi connectivity index (χ4n) is 3.43. The number of carboxylic acid groups (broad SMARTS) is 1. The number of nitrogens with two attached hydrogens (primary N) is 1. The smallest absolute Gasteiger partial charge is 0.778 e. The van der Waals surface area contributed by atoms with E-state index in [1.165, 1.54) is 0 Å². The number of anilines is 1. The zero-order chi connectivity index (χ0) is 24.1. The average molecular weight is 488 g/mol. The summed E-state index contributed by atoms with van der Waals surface area (Å²) in [6.07, 6.45) is 1.43. The van der Waals surface area contributed by atoms with Crippen molar-refractivity contribution in [1.82, 2.24) is 0 Å². The van der Waals surface area contributed by atoms with Crippen LogP contribution in [0.2, 0.25) is 0 Å². The topological polar surface area (TPSA) is 136 Å². The third-order valence-electron chi connectivity index (χ3n) is 5.10. The Balaban J connectivity index is 0.00000578. The zero-order valence-corrected chi connectivity index (χ0v) is 21.5. The van der Waals surface area contributed by atoms with Gasteiger partial charge in [0, 0.05) is 11.8 Å². The summed E-state index contributed by atoms with van der Waals surface area (Å²) < 4.78 is 18.0. The zero-order valence-electron chi connectivity index (χ0n) is 20.6. The minimum Gasteiger partial charge on any atom is -0.778 e. The van der Waals surface area contributed by atoms with Crippen LogP contribution >= 0.6 is 7.60 Å². The minimum atomic E-state index is -4.33. The molecule has 2 rings (SSSR count). The van der Waals surface area contributed by atoms with Crippen LogP contribution in [-0.4, -0.2) is 37.2 Å². The van der Waals surface area contributed by atoms with Crippen molar-refractivity contribution in [1.29, 1.82) is 0 Å². The molecule has 0 aliphatic rings. The molecule has 2 aromatic rings. The van der Waals surface area contributed by atoms with Crippen molar-refractivity contribution in [3.8, 4) is 0 Å². The maximum atomic E-state index is 13.2. The van der Waals surface area contributed by atoms with E-state index in [1.807, 2.05) is 30.3 Å². The third-order valence-corrected chi connectivity index (χ3v) is 6.53. The van der Waals surface area contributed by atoms with Crippen LogP contribution in [0, 0.1) is 0 Å². The SMILES string of the molecule is NCCCC[C@H](OP(=O)([O-])CCCCc1ccccc1)C(=O)N(CC(=O)[O-])c1ccccc1.[Li+].[Li+]. The van der Waals surface area contributed by atoms with Crippen LogP contribution in [0.3, 0.4) is 0 Å². The van der Waals surface area contributed by atoms with E-state index in [-0.39, 0.29) is 50.3 Å². The van der Waals surface area contributed by atoms with Crippen molar-refractivity contribution in [2.24, 2.45) is 5.73 Å². The van der Waals surface area contributed by atoms with E-state index in [0.29, 0.717) is 37.9 Å². The molecule has 0 aliphatic heterocycles. The number of unbranched alkanes of at least 4 members (excludes halogenated alkanes) is 2. The van der Waals surface area contributed by atoms with Gasteiger partial charge < -0.3 is 34.5 Å². The Bertz CT molecular complexity index is 921. The van der Waals surface area contributed by atoms with Gasteiger partial charge in [-0.2, -0.15) is 0 Å². The summed E-state index contributed by atoms with van der Waals surface area (Å²) in [5.74, 6) is -2.19. The van der Waals surface area contributed by atoms with E-state index in [1.54, 1.807) is 30.3 Å². The van der Waals surface area contributed by atoms with Crippen molar-refractivity contribution >= 4 is 25.2 Å². The number of carbonyl (C=O) groups excluding carboxylic acids is 2. The monoisotopic (exact) mass is 488 g/mol. The van der Waals surface area contributed by atoms with Gasteiger partial charge in [0.15, 0.2) is 0 Å². The molecule has 1 unspecified atom stereocenters. The first-order chi connectivity index (χ1) is 15.8. The molecule has 0 radical (unpaired) electrons. The molecular formula is C24H31Li2N2O6P. The number of benzene rings is 2. The van der Waals surface area contributed by atoms with Gasteiger partial charge in [-0.3, -0.25) is 4.79 Å². The summed E-state index contributed by atoms with van der Waals surface area (Å²) in [6, 6.07) is 17.9. The first-order valence-electron chi connectivity index (χ1n) is 11.1. The number of hydrogen-bond donors (Lipinski definition) is 1. The van der Waals surface area contributed by atoms with E-state index in [2.05, 4.69) is 0 Å². The standard InChI is InChI=1S/C24H33N2O6P.2Li/c25-17-9-7-16-22(24(29)26(19-23(27)28)21-14-5-2-6-15-21)32-33(30,31)18-10-8-13-20-11-3-1-4-12-20;;/h1-6,11-12,14-15,22H,7-10,13,16-19,25H2,(H,27,28)(H,30,31);;/q;2*+1/p-2/t22-;;/m0../s1. The first-order valence-corrected chi connectivity index (χ1v) is 12.8. The Hall–Kier alpha value is -1.32. The summed E-state index contributed by atoms with van der Waals surface area (Å²) >= 11 is 0. The Labute approximate surface area is 231 Å². The fourth-order valence-corrected chi connectivity index (χ4v) is 4.73. The molecule has 0 saturated heterocycles. The van der Waals surface area contributed by atoms with Crippen molar-refractivity contribution in [3.05, 3.63) is 66.2 Å². The molecule has 0 aliphatic carbocycles. The van der Waals surface area contributed by atoms with Crippen molar-refractivity contribution in [3.63, 3.8) is 0 Å². The number of carbonyl (C=O) groups is 2. The number of amides is 1. The molecule has 0 saturated carbocycles. The third kappa shape index (κ3) is 13.0. The largest absolute Gasteiger partial charge is 1.00 e. The Morgan fingerprint density at radius 2 is 1.54 bits per heavy atom. The number of carboxylic acids is 1. The normalized spacial score (nSPS) is 13.0. The number of para-hydroxylation sites is 1. The quantitative estimate of drug-likeness (QED) is 0.153. The van der Waals surface area contributed by atoms with Crippen molar-refractivity contribution in [2.75, 3.05) is 24.2 Å². The molecular weight excluding hydrogens is 457 g/mol. The summed E-state index contributed by atoms with van der Waals surface area (Å²) in [6.45, 7) is -0.323. The van der Waals surface area contributed by atoms with Gasteiger partial charge in [-0.25, -0.2) is 0 Å². The van der Waals surface area contributed by atoms with Crippen LogP contribution < -0.4 is 58.4 Å². The van der Waals surface area contributed by atoms with E-state index >= 15 is 0 Å². The molecule has 2 aromatic carbocycles. The predicted octanol–water partition coefficient (Wildman–Crippen LogP) is -4.13. The maximum Gasteiger partial charge on any atom is 1.00 e. The number of aryl methyl sites for hydroxylation is 1. The van der Waals surface area contributed by atoms with Crippen LogP contribution in [-0.2, 0) is 25.1 Å². The summed E-state index contributed by atoms with van der Waals surface area (Å²) in [5.41, 5.74) is 6.97. The van der Waals surface area contributed by atoms with Gasteiger partial charge in [-0.15, -0.1) is 0 Å². The Morgan fingerprint density at radius 1 is 0.943 bits per heavy atom.